The van der Waals surface area contributed by atoms with Gasteiger partial charge in [-0.05, 0) is 73.0 Å². The summed E-state index contributed by atoms with van der Waals surface area (Å²) < 4.78 is 0. The van der Waals surface area contributed by atoms with Crippen LogP contribution in [0.2, 0.25) is 0 Å². The van der Waals surface area contributed by atoms with Crippen LogP contribution in [0.3, 0.4) is 0 Å². The summed E-state index contributed by atoms with van der Waals surface area (Å²) in [5.74, 6) is 1.38. The summed E-state index contributed by atoms with van der Waals surface area (Å²) >= 11 is 5.65. The van der Waals surface area contributed by atoms with Crippen LogP contribution in [0.4, 0.5) is 5.69 Å². The van der Waals surface area contributed by atoms with Crippen molar-refractivity contribution < 1.29 is 0 Å². The highest BCUT2D eigenvalue weighted by atomic mass is 32.1. The van der Waals surface area contributed by atoms with Gasteiger partial charge in [-0.3, -0.25) is 0 Å². The molecule has 0 aromatic heterocycles. The van der Waals surface area contributed by atoms with Crippen LogP contribution in [-0.4, -0.2) is 23.1 Å². The van der Waals surface area contributed by atoms with E-state index in [1.807, 2.05) is 0 Å². The Morgan fingerprint density at radius 2 is 1.73 bits per heavy atom. The first-order chi connectivity index (χ1) is 12.7. The number of anilines is 1. The fourth-order valence-corrected chi connectivity index (χ4v) is 3.92. The summed E-state index contributed by atoms with van der Waals surface area (Å²) in [6, 6.07) is 19.6. The van der Waals surface area contributed by atoms with E-state index in [4.69, 9.17) is 12.2 Å². The number of benzene rings is 2. The van der Waals surface area contributed by atoms with Crippen LogP contribution in [0.25, 0.3) is 0 Å². The first-order valence-corrected chi connectivity index (χ1v) is 10.3. The Hall–Kier alpha value is -1.87. The predicted octanol–water partition coefficient (Wildman–Crippen LogP) is 5.85. The van der Waals surface area contributed by atoms with Gasteiger partial charge in [0, 0.05) is 18.8 Å². The minimum absolute atomic E-state index is 0.611. The van der Waals surface area contributed by atoms with Crippen LogP contribution in [0, 0.1) is 5.92 Å². The molecule has 0 radical (unpaired) electrons. The zero-order chi connectivity index (χ0) is 18.4. The lowest BCUT2D eigenvalue weighted by atomic mass is 9.90. The largest absolute Gasteiger partial charge is 0.349 e. The minimum atomic E-state index is 0.611. The van der Waals surface area contributed by atoms with Gasteiger partial charge >= 0.3 is 0 Å². The molecule has 1 atom stereocenters. The highest BCUT2D eigenvalue weighted by molar-refractivity contribution is 7.80. The van der Waals surface area contributed by atoms with Crippen molar-refractivity contribution in [1.82, 2.24) is 4.90 Å². The Balaban J connectivity index is 1.47. The van der Waals surface area contributed by atoms with Gasteiger partial charge in [-0.25, -0.2) is 0 Å². The van der Waals surface area contributed by atoms with E-state index >= 15 is 0 Å². The third kappa shape index (κ3) is 5.07. The average molecular weight is 367 g/mol. The molecule has 1 saturated heterocycles. The van der Waals surface area contributed by atoms with E-state index < -0.39 is 0 Å². The molecule has 1 aliphatic heterocycles. The fraction of sp³-hybridized carbons (Fsp3) is 0.435. The highest BCUT2D eigenvalue weighted by Crippen LogP contribution is 2.23. The molecule has 1 aliphatic rings. The van der Waals surface area contributed by atoms with Crippen LogP contribution in [0.15, 0.2) is 54.6 Å². The number of thiocarbonyl (C=S) groups is 1. The van der Waals surface area contributed by atoms with Gasteiger partial charge in [0.25, 0.3) is 0 Å². The molecule has 1 unspecified atom stereocenters. The van der Waals surface area contributed by atoms with Crippen LogP contribution >= 0.6 is 12.2 Å². The van der Waals surface area contributed by atoms with Crippen molar-refractivity contribution in [1.29, 1.82) is 0 Å². The predicted molar refractivity (Wildman–Crippen MR) is 116 cm³/mol. The first-order valence-electron chi connectivity index (χ1n) is 9.85. The third-order valence-corrected chi connectivity index (χ3v) is 5.97. The standard InChI is InChI=1S/C23H30N2S/c1-3-18(2)21-9-11-22(12-10-21)24-23(26)25-15-13-20(14-16-25)17-19-7-5-4-6-8-19/h4-12,18,20H,3,13-17H2,1-2H3,(H,24,26). The first kappa shape index (κ1) is 18.9. The molecule has 138 valence electrons. The number of nitrogens with zero attached hydrogens (tertiary/aromatic N) is 1. The quantitative estimate of drug-likeness (QED) is 0.668. The number of rotatable bonds is 5. The van der Waals surface area contributed by atoms with Crippen LogP contribution < -0.4 is 5.32 Å². The van der Waals surface area contributed by atoms with Crippen molar-refractivity contribution in [3.63, 3.8) is 0 Å². The molecule has 2 aromatic carbocycles. The lowest BCUT2D eigenvalue weighted by Crippen LogP contribution is -2.41. The second-order valence-corrected chi connectivity index (χ2v) is 7.87. The van der Waals surface area contributed by atoms with Crippen LogP contribution in [-0.2, 0) is 6.42 Å². The van der Waals surface area contributed by atoms with E-state index in [9.17, 15) is 0 Å². The minimum Gasteiger partial charge on any atom is -0.349 e. The Morgan fingerprint density at radius 1 is 1.08 bits per heavy atom. The van der Waals surface area contributed by atoms with Crippen molar-refractivity contribution in [2.75, 3.05) is 18.4 Å². The van der Waals surface area contributed by atoms with E-state index in [-0.39, 0.29) is 0 Å². The molecule has 3 rings (SSSR count). The highest BCUT2D eigenvalue weighted by Gasteiger charge is 2.21. The van der Waals surface area contributed by atoms with Gasteiger partial charge in [-0.1, -0.05) is 56.3 Å². The van der Waals surface area contributed by atoms with E-state index in [0.29, 0.717) is 5.92 Å². The van der Waals surface area contributed by atoms with E-state index in [0.717, 1.165) is 29.8 Å². The second kappa shape index (κ2) is 9.18. The molecule has 26 heavy (non-hydrogen) atoms. The van der Waals surface area contributed by atoms with Gasteiger partial charge < -0.3 is 10.2 Å². The molecule has 0 bridgehead atoms. The molecule has 1 N–H and O–H groups in total. The van der Waals surface area contributed by atoms with Crippen LogP contribution in [0.1, 0.15) is 50.2 Å². The van der Waals surface area contributed by atoms with E-state index in [2.05, 4.69) is 78.7 Å². The summed E-state index contributed by atoms with van der Waals surface area (Å²) in [5, 5.41) is 4.28. The van der Waals surface area contributed by atoms with Crippen molar-refractivity contribution in [3.05, 3.63) is 65.7 Å². The number of hydrogen-bond acceptors (Lipinski definition) is 1. The summed E-state index contributed by atoms with van der Waals surface area (Å²) in [6.45, 7) is 6.60. The number of nitrogens with one attached hydrogen (secondary N) is 1. The van der Waals surface area contributed by atoms with Crippen molar-refractivity contribution >= 4 is 23.0 Å². The molecule has 0 spiro atoms. The number of likely N-dealkylation sites (tertiary alicyclic amines) is 1. The van der Waals surface area contributed by atoms with Gasteiger partial charge in [0.05, 0.1) is 0 Å². The lowest BCUT2D eigenvalue weighted by molar-refractivity contribution is 0.268. The van der Waals surface area contributed by atoms with Gasteiger partial charge in [0.1, 0.15) is 0 Å². The monoisotopic (exact) mass is 366 g/mol. The zero-order valence-electron chi connectivity index (χ0n) is 15.9. The second-order valence-electron chi connectivity index (χ2n) is 7.48. The Kier molecular flexibility index (Phi) is 6.67. The Labute approximate surface area is 163 Å². The summed E-state index contributed by atoms with van der Waals surface area (Å²) in [6.07, 6.45) is 4.78. The molecule has 1 fully saturated rings. The Morgan fingerprint density at radius 3 is 2.35 bits per heavy atom. The normalized spacial score (nSPS) is 16.3. The lowest BCUT2D eigenvalue weighted by Gasteiger charge is -2.34. The summed E-state index contributed by atoms with van der Waals surface area (Å²) in [7, 11) is 0. The number of hydrogen-bond donors (Lipinski definition) is 1. The van der Waals surface area contributed by atoms with Gasteiger partial charge in [0.15, 0.2) is 5.11 Å². The average Bonchev–Trinajstić information content (AvgIpc) is 2.69. The smallest absolute Gasteiger partial charge is 0.173 e. The molecule has 0 aliphatic carbocycles. The Bertz CT molecular complexity index is 688. The van der Waals surface area contributed by atoms with Gasteiger partial charge in [-0.2, -0.15) is 0 Å². The van der Waals surface area contributed by atoms with Crippen LogP contribution in [0.5, 0.6) is 0 Å². The fourth-order valence-electron chi connectivity index (χ4n) is 3.62. The molecular weight excluding hydrogens is 336 g/mol. The van der Waals surface area contributed by atoms with Crippen molar-refractivity contribution in [2.45, 2.75) is 45.4 Å². The maximum absolute atomic E-state index is 5.65. The van der Waals surface area contributed by atoms with Crippen molar-refractivity contribution in [3.8, 4) is 0 Å². The molecule has 2 aromatic rings. The molecule has 1 heterocycles. The summed E-state index contributed by atoms with van der Waals surface area (Å²) in [4.78, 5) is 2.32. The molecule has 2 nitrogen and oxygen atoms in total. The molecule has 3 heteroatoms. The zero-order valence-corrected chi connectivity index (χ0v) is 16.8. The third-order valence-electron chi connectivity index (χ3n) is 5.61. The topological polar surface area (TPSA) is 15.3 Å². The van der Waals surface area contributed by atoms with E-state index in [1.54, 1.807) is 0 Å². The molecule has 0 amide bonds. The summed E-state index contributed by atoms with van der Waals surface area (Å²) in [5.41, 5.74) is 3.94. The van der Waals surface area contributed by atoms with Gasteiger partial charge in [-0.15, -0.1) is 0 Å². The molecule has 0 saturated carbocycles. The maximum atomic E-state index is 5.65. The van der Waals surface area contributed by atoms with E-state index in [1.165, 1.54) is 36.8 Å². The van der Waals surface area contributed by atoms with Crippen molar-refractivity contribution in [2.24, 2.45) is 5.92 Å². The number of piperidine rings is 1. The van der Waals surface area contributed by atoms with Gasteiger partial charge in [0.2, 0.25) is 0 Å². The SMILES string of the molecule is CCC(C)c1ccc(NC(=S)N2CCC(Cc3ccccc3)CC2)cc1. The molecular formula is C23H30N2S. The maximum Gasteiger partial charge on any atom is 0.173 e.